The van der Waals surface area contributed by atoms with E-state index in [4.69, 9.17) is 4.74 Å². The Labute approximate surface area is 127 Å². The van der Waals surface area contributed by atoms with Gasteiger partial charge in [0.2, 0.25) is 0 Å². The summed E-state index contributed by atoms with van der Waals surface area (Å²) in [7, 11) is 1.61. The van der Waals surface area contributed by atoms with E-state index in [1.165, 1.54) is 11.7 Å². The molecule has 4 aromatic rings. The van der Waals surface area contributed by atoms with Crippen molar-refractivity contribution in [1.29, 1.82) is 0 Å². The maximum Gasteiger partial charge on any atom is 0.141 e. The van der Waals surface area contributed by atoms with Gasteiger partial charge in [-0.25, -0.2) is 9.97 Å². The molecule has 0 unspecified atom stereocenters. The molecule has 5 heteroatoms. The molecule has 0 saturated carbocycles. The van der Waals surface area contributed by atoms with Crippen LogP contribution in [0.2, 0.25) is 0 Å². The molecule has 0 fully saturated rings. The maximum atomic E-state index is 5.18. The molecule has 2 aromatic heterocycles. The highest BCUT2D eigenvalue weighted by molar-refractivity contribution is 5.92. The van der Waals surface area contributed by atoms with Gasteiger partial charge in [-0.05, 0) is 29.7 Å². The lowest BCUT2D eigenvalue weighted by Gasteiger charge is -2.09. The summed E-state index contributed by atoms with van der Waals surface area (Å²) in [5, 5.41) is 5.41. The normalized spacial score (nSPS) is 11.0. The smallest absolute Gasteiger partial charge is 0.141 e. The summed E-state index contributed by atoms with van der Waals surface area (Å²) in [4.78, 5) is 11.8. The fraction of sp³-hybridized carbons (Fsp3) is 0.0588. The summed E-state index contributed by atoms with van der Waals surface area (Å²) in [5.41, 5.74) is 2.86. The number of fused-ring (bicyclic) bond motifs is 2. The van der Waals surface area contributed by atoms with Crippen LogP contribution in [0.15, 0.2) is 48.9 Å². The number of hydrogen-bond donors (Lipinski definition) is 2. The van der Waals surface area contributed by atoms with E-state index in [1.54, 1.807) is 7.11 Å². The van der Waals surface area contributed by atoms with Gasteiger partial charge in [-0.2, -0.15) is 0 Å². The van der Waals surface area contributed by atoms with Crippen LogP contribution in [0, 0.1) is 6.07 Å². The third-order valence-corrected chi connectivity index (χ3v) is 3.58. The minimum atomic E-state index is 0.657. The Hall–Kier alpha value is -3.08. The van der Waals surface area contributed by atoms with E-state index < -0.39 is 0 Å². The van der Waals surface area contributed by atoms with Crippen molar-refractivity contribution in [2.45, 2.75) is 0 Å². The highest BCUT2D eigenvalue weighted by atomic mass is 16.5. The second kappa shape index (κ2) is 5.04. The molecule has 107 valence electrons. The summed E-state index contributed by atoms with van der Waals surface area (Å²) in [6.45, 7) is 0. The van der Waals surface area contributed by atoms with Crippen molar-refractivity contribution in [3.63, 3.8) is 0 Å². The summed E-state index contributed by atoms with van der Waals surface area (Å²) in [6.07, 6.45) is 3.47. The first-order valence-corrected chi connectivity index (χ1v) is 6.88. The third kappa shape index (κ3) is 2.13. The highest BCUT2D eigenvalue weighted by Gasteiger charge is 2.06. The van der Waals surface area contributed by atoms with Crippen LogP contribution in [0.25, 0.3) is 21.8 Å². The van der Waals surface area contributed by atoms with Gasteiger partial charge in [-0.1, -0.05) is 6.07 Å². The number of ether oxygens (including phenoxy) is 1. The number of nitrogens with zero attached hydrogens (tertiary/aromatic N) is 2. The van der Waals surface area contributed by atoms with Crippen molar-refractivity contribution >= 4 is 33.3 Å². The molecule has 0 aliphatic heterocycles. The van der Waals surface area contributed by atoms with Crippen LogP contribution >= 0.6 is 0 Å². The van der Waals surface area contributed by atoms with Gasteiger partial charge < -0.3 is 15.0 Å². The second-order valence-electron chi connectivity index (χ2n) is 4.93. The molecule has 2 N–H and O–H groups in total. The van der Waals surface area contributed by atoms with E-state index >= 15 is 0 Å². The lowest BCUT2D eigenvalue weighted by molar-refractivity contribution is 0.414. The first-order chi connectivity index (χ1) is 10.8. The quantitative estimate of drug-likeness (QED) is 0.604. The van der Waals surface area contributed by atoms with Crippen LogP contribution in [-0.4, -0.2) is 22.1 Å². The number of nitrogens with one attached hydrogen (secondary N) is 2. The molecule has 0 saturated heterocycles. The Bertz CT molecular complexity index is 961. The fourth-order valence-corrected chi connectivity index (χ4v) is 2.46. The number of hydrogen-bond acceptors (Lipinski definition) is 4. The Morgan fingerprint density at radius 3 is 3.05 bits per heavy atom. The molecule has 0 spiro atoms. The van der Waals surface area contributed by atoms with Gasteiger partial charge in [0, 0.05) is 34.9 Å². The van der Waals surface area contributed by atoms with E-state index in [0.717, 1.165) is 27.9 Å². The molecule has 2 heterocycles. The molecule has 0 bridgehead atoms. The zero-order chi connectivity index (χ0) is 14.9. The molecule has 5 nitrogen and oxygen atoms in total. The summed E-state index contributed by atoms with van der Waals surface area (Å²) in [6, 6.07) is 14.9. The predicted octanol–water partition coefficient (Wildman–Crippen LogP) is 3.66. The Balaban J connectivity index is 1.76. The SMILES string of the molecule is COc1[c]cc2c(Nc3ccc4cc[nH]c4c3)ncnc2c1. The molecule has 0 amide bonds. The van der Waals surface area contributed by atoms with Crippen LogP contribution < -0.4 is 10.1 Å². The number of aromatic nitrogens is 3. The average molecular weight is 289 g/mol. The monoisotopic (exact) mass is 289 g/mol. The molecular weight excluding hydrogens is 276 g/mol. The number of methoxy groups -OCH3 is 1. The minimum Gasteiger partial charge on any atom is -0.496 e. The van der Waals surface area contributed by atoms with Crippen LogP contribution in [0.1, 0.15) is 0 Å². The van der Waals surface area contributed by atoms with Gasteiger partial charge in [0.1, 0.15) is 17.9 Å². The number of aromatic amines is 1. The number of H-pyrrole nitrogens is 1. The Kier molecular flexibility index (Phi) is 2.89. The van der Waals surface area contributed by atoms with Gasteiger partial charge >= 0.3 is 0 Å². The van der Waals surface area contributed by atoms with Crippen molar-refractivity contribution in [2.24, 2.45) is 0 Å². The average Bonchev–Trinajstić information content (AvgIpc) is 3.02. The molecule has 22 heavy (non-hydrogen) atoms. The van der Waals surface area contributed by atoms with E-state index in [0.29, 0.717) is 5.75 Å². The van der Waals surface area contributed by atoms with Gasteiger partial charge in [0.05, 0.1) is 12.6 Å². The molecule has 0 atom stereocenters. The first kappa shape index (κ1) is 12.6. The standard InChI is InChI=1S/C17H13N4O/c1-22-13-4-5-14-16(9-13)19-10-20-17(14)21-12-3-2-11-6-7-18-15(11)8-12/h2-3,5-10,18H,1H3,(H,19,20,21). The zero-order valence-electron chi connectivity index (χ0n) is 11.9. The largest absolute Gasteiger partial charge is 0.496 e. The summed E-state index contributed by atoms with van der Waals surface area (Å²) >= 11 is 0. The molecular formula is C17H13N4O. The van der Waals surface area contributed by atoms with Crippen LogP contribution in [0.4, 0.5) is 11.5 Å². The highest BCUT2D eigenvalue weighted by Crippen LogP contribution is 2.26. The van der Waals surface area contributed by atoms with Gasteiger partial charge in [-0.15, -0.1) is 0 Å². The molecule has 4 rings (SSSR count). The van der Waals surface area contributed by atoms with Gasteiger partial charge in [-0.3, -0.25) is 0 Å². The van der Waals surface area contributed by atoms with Crippen molar-refractivity contribution in [1.82, 2.24) is 15.0 Å². The van der Waals surface area contributed by atoms with Crippen molar-refractivity contribution in [3.05, 3.63) is 55.0 Å². The zero-order valence-corrected chi connectivity index (χ0v) is 11.9. The lowest BCUT2D eigenvalue weighted by atomic mass is 10.2. The van der Waals surface area contributed by atoms with E-state index in [9.17, 15) is 0 Å². The molecule has 2 aromatic carbocycles. The van der Waals surface area contributed by atoms with Gasteiger partial charge in [0.25, 0.3) is 0 Å². The van der Waals surface area contributed by atoms with Gasteiger partial charge in [0.15, 0.2) is 0 Å². The second-order valence-corrected chi connectivity index (χ2v) is 4.93. The Morgan fingerprint density at radius 1 is 1.18 bits per heavy atom. The van der Waals surface area contributed by atoms with E-state index in [2.05, 4.69) is 38.5 Å². The van der Waals surface area contributed by atoms with Crippen molar-refractivity contribution in [2.75, 3.05) is 12.4 Å². The van der Waals surface area contributed by atoms with E-state index in [1.807, 2.05) is 30.5 Å². The summed E-state index contributed by atoms with van der Waals surface area (Å²) in [5.74, 6) is 1.40. The van der Waals surface area contributed by atoms with Crippen LogP contribution in [-0.2, 0) is 0 Å². The first-order valence-electron chi connectivity index (χ1n) is 6.88. The minimum absolute atomic E-state index is 0.657. The Morgan fingerprint density at radius 2 is 2.14 bits per heavy atom. The van der Waals surface area contributed by atoms with Crippen molar-refractivity contribution in [3.8, 4) is 5.75 Å². The summed E-state index contributed by atoms with van der Waals surface area (Å²) < 4.78 is 5.18. The fourth-order valence-electron chi connectivity index (χ4n) is 2.46. The number of anilines is 2. The third-order valence-electron chi connectivity index (χ3n) is 3.58. The van der Waals surface area contributed by atoms with Crippen molar-refractivity contribution < 1.29 is 4.74 Å². The number of rotatable bonds is 3. The maximum absolute atomic E-state index is 5.18. The molecule has 0 aliphatic carbocycles. The predicted molar refractivity (Wildman–Crippen MR) is 86.5 cm³/mol. The molecule has 1 radical (unpaired) electrons. The van der Waals surface area contributed by atoms with Crippen LogP contribution in [0.5, 0.6) is 5.75 Å². The van der Waals surface area contributed by atoms with Crippen LogP contribution in [0.3, 0.4) is 0 Å². The van der Waals surface area contributed by atoms with E-state index in [-0.39, 0.29) is 0 Å². The molecule has 0 aliphatic rings. The topological polar surface area (TPSA) is 62.8 Å². The lowest BCUT2D eigenvalue weighted by Crippen LogP contribution is -1.96. The number of benzene rings is 2.